The van der Waals surface area contributed by atoms with Crippen LogP contribution in [0, 0.1) is 6.92 Å². The van der Waals surface area contributed by atoms with E-state index in [-0.39, 0.29) is 5.78 Å². The molecule has 1 aliphatic heterocycles. The summed E-state index contributed by atoms with van der Waals surface area (Å²) in [7, 11) is 1.61. The van der Waals surface area contributed by atoms with Crippen LogP contribution in [0.4, 0.5) is 0 Å². The Morgan fingerprint density at radius 2 is 2.00 bits per heavy atom. The van der Waals surface area contributed by atoms with Crippen molar-refractivity contribution in [2.75, 3.05) is 20.3 Å². The van der Waals surface area contributed by atoms with Crippen molar-refractivity contribution >= 4 is 16.7 Å². The maximum absolute atomic E-state index is 12.9. The van der Waals surface area contributed by atoms with E-state index >= 15 is 0 Å². The Hall–Kier alpha value is -1.78. The molecule has 0 atom stereocenters. The minimum Gasteiger partial charge on any atom is -0.381 e. The number of pyridine rings is 1. The number of nitrogens with zero attached hydrogens (tertiary/aromatic N) is 1. The molecule has 0 bridgehead atoms. The van der Waals surface area contributed by atoms with Gasteiger partial charge in [0.05, 0.1) is 5.52 Å². The summed E-state index contributed by atoms with van der Waals surface area (Å²) in [5.74, 6) is 0.0378. The van der Waals surface area contributed by atoms with Crippen molar-refractivity contribution in [1.82, 2.24) is 4.98 Å². The number of aryl methyl sites for hydroxylation is 1. The number of fused-ring (bicyclic) bond motifs is 1. The molecule has 0 unspecified atom stereocenters. The Morgan fingerprint density at radius 3 is 2.71 bits per heavy atom. The standard InChI is InChI=1S/C17H19NO3/c1-12-3-4-13-11-14(5-6-15(13)18-12)16(19)17(20-2)7-9-21-10-8-17/h3-6,11H,7-10H2,1-2H3. The second kappa shape index (κ2) is 5.54. The maximum atomic E-state index is 12.9. The average molecular weight is 285 g/mol. The monoisotopic (exact) mass is 285 g/mol. The normalized spacial score (nSPS) is 17.8. The van der Waals surface area contributed by atoms with E-state index < -0.39 is 5.60 Å². The van der Waals surface area contributed by atoms with Gasteiger partial charge in [0.1, 0.15) is 5.60 Å². The van der Waals surface area contributed by atoms with Crippen molar-refractivity contribution in [2.24, 2.45) is 0 Å². The molecule has 2 heterocycles. The van der Waals surface area contributed by atoms with Crippen LogP contribution in [0.2, 0.25) is 0 Å². The smallest absolute Gasteiger partial charge is 0.194 e. The van der Waals surface area contributed by atoms with Crippen LogP contribution in [0.15, 0.2) is 30.3 Å². The fourth-order valence-electron chi connectivity index (χ4n) is 2.86. The molecule has 1 aromatic carbocycles. The molecule has 0 spiro atoms. The summed E-state index contributed by atoms with van der Waals surface area (Å²) >= 11 is 0. The van der Waals surface area contributed by atoms with Gasteiger partial charge in [0, 0.05) is 49.8 Å². The second-order valence-corrected chi connectivity index (χ2v) is 5.50. The number of rotatable bonds is 3. The highest BCUT2D eigenvalue weighted by molar-refractivity contribution is 6.04. The van der Waals surface area contributed by atoms with Gasteiger partial charge in [0.25, 0.3) is 0 Å². The minimum atomic E-state index is -0.746. The van der Waals surface area contributed by atoms with Crippen LogP contribution < -0.4 is 0 Å². The molecule has 110 valence electrons. The zero-order chi connectivity index (χ0) is 14.9. The van der Waals surface area contributed by atoms with Gasteiger partial charge < -0.3 is 9.47 Å². The van der Waals surface area contributed by atoms with Gasteiger partial charge in [-0.25, -0.2) is 0 Å². The van der Waals surface area contributed by atoms with E-state index in [1.54, 1.807) is 7.11 Å². The summed E-state index contributed by atoms with van der Waals surface area (Å²) in [6.45, 7) is 3.09. The highest BCUT2D eigenvalue weighted by Crippen LogP contribution is 2.29. The van der Waals surface area contributed by atoms with Gasteiger partial charge in [-0.05, 0) is 31.2 Å². The molecule has 21 heavy (non-hydrogen) atoms. The third-order valence-corrected chi connectivity index (χ3v) is 4.20. The SMILES string of the molecule is COC1(C(=O)c2ccc3nc(C)ccc3c2)CCOCC1. The first kappa shape index (κ1) is 14.2. The number of ketones is 1. The maximum Gasteiger partial charge on any atom is 0.194 e. The van der Waals surface area contributed by atoms with Crippen LogP contribution in [0.25, 0.3) is 10.9 Å². The topological polar surface area (TPSA) is 48.4 Å². The lowest BCUT2D eigenvalue weighted by atomic mass is 9.85. The van der Waals surface area contributed by atoms with Gasteiger partial charge in [-0.1, -0.05) is 6.07 Å². The lowest BCUT2D eigenvalue weighted by molar-refractivity contribution is -0.0663. The first-order chi connectivity index (χ1) is 10.1. The van der Waals surface area contributed by atoms with Crippen molar-refractivity contribution in [2.45, 2.75) is 25.4 Å². The Labute approximate surface area is 124 Å². The van der Waals surface area contributed by atoms with E-state index in [1.165, 1.54) is 0 Å². The highest BCUT2D eigenvalue weighted by atomic mass is 16.5. The van der Waals surface area contributed by atoms with Crippen LogP contribution >= 0.6 is 0 Å². The molecule has 1 saturated heterocycles. The fraction of sp³-hybridized carbons (Fsp3) is 0.412. The molecule has 2 aromatic rings. The van der Waals surface area contributed by atoms with Crippen LogP contribution in [0.5, 0.6) is 0 Å². The lowest BCUT2D eigenvalue weighted by Gasteiger charge is -2.34. The molecule has 1 aliphatic rings. The van der Waals surface area contributed by atoms with Crippen LogP contribution in [-0.2, 0) is 9.47 Å². The molecule has 0 N–H and O–H groups in total. The van der Waals surface area contributed by atoms with Crippen LogP contribution in [0.1, 0.15) is 28.9 Å². The average Bonchev–Trinajstić information content (AvgIpc) is 2.54. The molecule has 1 aromatic heterocycles. The summed E-state index contributed by atoms with van der Waals surface area (Å²) in [6.07, 6.45) is 1.21. The Kier molecular flexibility index (Phi) is 3.74. The van der Waals surface area contributed by atoms with Crippen molar-refractivity contribution in [3.8, 4) is 0 Å². The minimum absolute atomic E-state index is 0.0378. The van der Waals surface area contributed by atoms with E-state index in [4.69, 9.17) is 9.47 Å². The van der Waals surface area contributed by atoms with E-state index in [2.05, 4.69) is 4.98 Å². The van der Waals surface area contributed by atoms with Crippen LogP contribution in [-0.4, -0.2) is 36.7 Å². The van der Waals surface area contributed by atoms with Crippen molar-refractivity contribution in [3.63, 3.8) is 0 Å². The summed E-state index contributed by atoms with van der Waals surface area (Å²) in [5, 5.41) is 0.977. The molecule has 4 nitrogen and oxygen atoms in total. The number of methoxy groups -OCH3 is 1. The molecule has 0 aliphatic carbocycles. The van der Waals surface area contributed by atoms with Crippen LogP contribution in [0.3, 0.4) is 0 Å². The van der Waals surface area contributed by atoms with Gasteiger partial charge in [-0.15, -0.1) is 0 Å². The highest BCUT2D eigenvalue weighted by Gasteiger charge is 2.40. The molecule has 0 radical (unpaired) electrons. The third kappa shape index (κ3) is 2.57. The molecule has 0 saturated carbocycles. The first-order valence-electron chi connectivity index (χ1n) is 7.20. The molecular formula is C17H19NO3. The predicted molar refractivity (Wildman–Crippen MR) is 80.6 cm³/mol. The number of hydrogen-bond acceptors (Lipinski definition) is 4. The first-order valence-corrected chi connectivity index (χ1v) is 7.20. The Morgan fingerprint density at radius 1 is 1.24 bits per heavy atom. The van der Waals surface area contributed by atoms with Gasteiger partial charge in [0.2, 0.25) is 0 Å². The van der Waals surface area contributed by atoms with Gasteiger partial charge in [0.15, 0.2) is 5.78 Å². The Balaban J connectivity index is 1.98. The zero-order valence-electron chi connectivity index (χ0n) is 12.4. The summed E-state index contributed by atoms with van der Waals surface area (Å²) in [6, 6.07) is 9.60. The molecule has 0 amide bonds. The number of aromatic nitrogens is 1. The quantitative estimate of drug-likeness (QED) is 0.814. The molecule has 4 heteroatoms. The van der Waals surface area contributed by atoms with Gasteiger partial charge >= 0.3 is 0 Å². The molecule has 1 fully saturated rings. The van der Waals surface area contributed by atoms with Crippen molar-refractivity contribution in [3.05, 3.63) is 41.6 Å². The van der Waals surface area contributed by atoms with Gasteiger partial charge in [-0.2, -0.15) is 0 Å². The fourth-order valence-corrected chi connectivity index (χ4v) is 2.86. The Bertz CT molecular complexity index is 675. The molecule has 3 rings (SSSR count). The number of hydrogen-bond donors (Lipinski definition) is 0. The number of carbonyl (C=O) groups is 1. The van der Waals surface area contributed by atoms with Gasteiger partial charge in [-0.3, -0.25) is 9.78 Å². The largest absolute Gasteiger partial charge is 0.381 e. The van der Waals surface area contributed by atoms with Crippen molar-refractivity contribution in [1.29, 1.82) is 0 Å². The van der Waals surface area contributed by atoms with E-state index in [0.717, 1.165) is 16.6 Å². The third-order valence-electron chi connectivity index (χ3n) is 4.20. The number of Topliss-reactive ketones (excluding diaryl/α,β-unsaturated/α-hetero) is 1. The number of benzene rings is 1. The molecular weight excluding hydrogens is 266 g/mol. The van der Waals surface area contributed by atoms with Crippen molar-refractivity contribution < 1.29 is 14.3 Å². The summed E-state index contributed by atoms with van der Waals surface area (Å²) in [5.41, 5.74) is 1.81. The van der Waals surface area contributed by atoms with E-state index in [0.29, 0.717) is 31.6 Å². The van der Waals surface area contributed by atoms with E-state index in [1.807, 2.05) is 37.3 Å². The predicted octanol–water partition coefficient (Wildman–Crippen LogP) is 2.92. The second-order valence-electron chi connectivity index (χ2n) is 5.50. The number of ether oxygens (including phenoxy) is 2. The number of carbonyl (C=O) groups excluding carboxylic acids is 1. The lowest BCUT2D eigenvalue weighted by Crippen LogP contribution is -2.45. The zero-order valence-corrected chi connectivity index (χ0v) is 12.4. The van der Waals surface area contributed by atoms with E-state index in [9.17, 15) is 4.79 Å². The summed E-state index contributed by atoms with van der Waals surface area (Å²) < 4.78 is 10.9. The summed E-state index contributed by atoms with van der Waals surface area (Å²) in [4.78, 5) is 17.3.